The highest BCUT2D eigenvalue weighted by molar-refractivity contribution is 5.76. The molecule has 0 unspecified atom stereocenters. The summed E-state index contributed by atoms with van der Waals surface area (Å²) in [5.41, 5.74) is 2.51. The maximum atomic E-state index is 12.8. The fourth-order valence-corrected chi connectivity index (χ4v) is 2.62. The third-order valence-corrected chi connectivity index (χ3v) is 3.92. The van der Waals surface area contributed by atoms with Gasteiger partial charge in [-0.05, 0) is 49.8 Å². The van der Waals surface area contributed by atoms with Crippen LogP contribution in [-0.4, -0.2) is 19.0 Å². The third kappa shape index (κ3) is 6.39. The molecule has 0 heterocycles. The van der Waals surface area contributed by atoms with Crippen LogP contribution in [0.2, 0.25) is 0 Å². The van der Waals surface area contributed by atoms with Gasteiger partial charge in [0.1, 0.15) is 5.82 Å². The van der Waals surface area contributed by atoms with Crippen molar-refractivity contribution in [2.45, 2.75) is 45.1 Å². The van der Waals surface area contributed by atoms with E-state index in [1.165, 1.54) is 43.4 Å². The molecule has 1 aromatic rings. The van der Waals surface area contributed by atoms with Crippen molar-refractivity contribution in [3.8, 4) is 0 Å². The number of hydrogen-bond acceptors (Lipinski definition) is 2. The summed E-state index contributed by atoms with van der Waals surface area (Å²) in [6, 6.07) is 6.40. The summed E-state index contributed by atoms with van der Waals surface area (Å²) < 4.78 is 12.8. The number of hydrogen-bond donors (Lipinski definition) is 2. The summed E-state index contributed by atoms with van der Waals surface area (Å²) in [5.74, 6) is -0.140. The second-order valence-electron chi connectivity index (χ2n) is 5.76. The van der Waals surface area contributed by atoms with Gasteiger partial charge in [0.05, 0.1) is 0 Å². The van der Waals surface area contributed by atoms with Gasteiger partial charge in [-0.15, -0.1) is 0 Å². The predicted molar refractivity (Wildman–Crippen MR) is 86.9 cm³/mol. The molecular weight excluding hydrogens is 279 g/mol. The van der Waals surface area contributed by atoms with Crippen LogP contribution in [0.3, 0.4) is 0 Å². The van der Waals surface area contributed by atoms with E-state index >= 15 is 0 Å². The first kappa shape index (κ1) is 16.7. The minimum Gasteiger partial charge on any atom is -0.356 e. The Labute approximate surface area is 132 Å². The van der Waals surface area contributed by atoms with Crippen LogP contribution in [0.4, 0.5) is 4.39 Å². The molecule has 1 aromatic carbocycles. The lowest BCUT2D eigenvalue weighted by molar-refractivity contribution is -0.120. The van der Waals surface area contributed by atoms with Gasteiger partial charge < -0.3 is 10.6 Å². The second kappa shape index (κ2) is 9.36. The molecule has 22 heavy (non-hydrogen) atoms. The summed E-state index contributed by atoms with van der Waals surface area (Å²) in [7, 11) is 0. The summed E-state index contributed by atoms with van der Waals surface area (Å²) in [6.45, 7) is 2.02. The number of allylic oxidation sites excluding steroid dienone is 1. The van der Waals surface area contributed by atoms with Crippen molar-refractivity contribution >= 4 is 5.91 Å². The maximum Gasteiger partial charge on any atom is 0.221 e. The maximum absolute atomic E-state index is 12.8. The van der Waals surface area contributed by atoms with Gasteiger partial charge in [-0.25, -0.2) is 4.39 Å². The van der Waals surface area contributed by atoms with Crippen molar-refractivity contribution in [3.05, 3.63) is 47.3 Å². The molecule has 4 heteroatoms. The summed E-state index contributed by atoms with van der Waals surface area (Å²) in [5, 5.41) is 6.16. The Hall–Kier alpha value is -1.68. The summed E-state index contributed by atoms with van der Waals surface area (Å²) in [6.07, 6.45) is 8.74. The highest BCUT2D eigenvalue weighted by Gasteiger charge is 2.05. The zero-order valence-corrected chi connectivity index (χ0v) is 13.0. The molecule has 0 bridgehead atoms. The van der Waals surface area contributed by atoms with Crippen LogP contribution >= 0.6 is 0 Å². The molecule has 2 N–H and O–H groups in total. The predicted octanol–water partition coefficient (Wildman–Crippen LogP) is 3.31. The first-order valence-electron chi connectivity index (χ1n) is 8.14. The van der Waals surface area contributed by atoms with Crippen molar-refractivity contribution in [1.29, 1.82) is 0 Å². The van der Waals surface area contributed by atoms with E-state index < -0.39 is 0 Å². The Morgan fingerprint density at radius 2 is 1.95 bits per heavy atom. The smallest absolute Gasteiger partial charge is 0.221 e. The molecule has 0 fully saturated rings. The van der Waals surface area contributed by atoms with Crippen molar-refractivity contribution in [2.75, 3.05) is 13.1 Å². The van der Waals surface area contributed by atoms with Crippen LogP contribution in [-0.2, 0) is 11.3 Å². The highest BCUT2D eigenvalue weighted by atomic mass is 19.1. The number of halogens is 1. The van der Waals surface area contributed by atoms with E-state index in [1.54, 1.807) is 12.1 Å². The molecule has 0 saturated carbocycles. The van der Waals surface area contributed by atoms with Crippen LogP contribution in [0.1, 0.15) is 44.1 Å². The Kier molecular flexibility index (Phi) is 7.10. The van der Waals surface area contributed by atoms with E-state index in [4.69, 9.17) is 0 Å². The molecule has 0 saturated heterocycles. The van der Waals surface area contributed by atoms with E-state index in [0.29, 0.717) is 19.5 Å². The molecule has 0 radical (unpaired) electrons. The Morgan fingerprint density at radius 1 is 1.14 bits per heavy atom. The van der Waals surface area contributed by atoms with Gasteiger partial charge in [0.15, 0.2) is 0 Å². The average molecular weight is 304 g/mol. The number of carbonyl (C=O) groups excluding carboxylic acids is 1. The number of nitrogens with one attached hydrogen (secondary N) is 2. The standard InChI is InChI=1S/C18H25FN2O/c19-17-8-6-16(7-9-17)14-20-12-11-18(22)21-13-10-15-4-2-1-3-5-15/h4,6-9,20H,1-3,5,10-14H2,(H,21,22). The van der Waals surface area contributed by atoms with Crippen LogP contribution in [0.25, 0.3) is 0 Å². The third-order valence-electron chi connectivity index (χ3n) is 3.92. The van der Waals surface area contributed by atoms with Gasteiger partial charge in [0.25, 0.3) is 0 Å². The molecule has 0 atom stereocenters. The number of carbonyl (C=O) groups is 1. The minimum absolute atomic E-state index is 0.0861. The lowest BCUT2D eigenvalue weighted by Crippen LogP contribution is -2.28. The first-order valence-corrected chi connectivity index (χ1v) is 8.14. The van der Waals surface area contributed by atoms with E-state index in [1.807, 2.05) is 0 Å². The summed E-state index contributed by atoms with van der Waals surface area (Å²) >= 11 is 0. The van der Waals surface area contributed by atoms with E-state index in [-0.39, 0.29) is 11.7 Å². The van der Waals surface area contributed by atoms with Crippen LogP contribution in [0.5, 0.6) is 0 Å². The molecular formula is C18H25FN2O. The fourth-order valence-electron chi connectivity index (χ4n) is 2.62. The Bertz CT molecular complexity index is 496. The Morgan fingerprint density at radius 3 is 2.68 bits per heavy atom. The second-order valence-corrected chi connectivity index (χ2v) is 5.76. The minimum atomic E-state index is -0.226. The molecule has 2 rings (SSSR count). The lowest BCUT2D eigenvalue weighted by atomic mass is 9.97. The molecule has 1 aliphatic rings. The molecule has 1 amide bonds. The number of amides is 1. The monoisotopic (exact) mass is 304 g/mol. The Balaban J connectivity index is 1.52. The first-order chi connectivity index (χ1) is 10.7. The molecule has 0 aliphatic heterocycles. The van der Waals surface area contributed by atoms with E-state index in [2.05, 4.69) is 16.7 Å². The van der Waals surface area contributed by atoms with Crippen molar-refractivity contribution in [2.24, 2.45) is 0 Å². The lowest BCUT2D eigenvalue weighted by Gasteiger charge is -2.13. The normalized spacial score (nSPS) is 14.5. The van der Waals surface area contributed by atoms with Crippen molar-refractivity contribution in [3.63, 3.8) is 0 Å². The molecule has 1 aliphatic carbocycles. The summed E-state index contributed by atoms with van der Waals surface area (Å²) in [4.78, 5) is 11.7. The van der Waals surface area contributed by atoms with Gasteiger partial charge in [-0.1, -0.05) is 23.8 Å². The van der Waals surface area contributed by atoms with Crippen molar-refractivity contribution in [1.82, 2.24) is 10.6 Å². The van der Waals surface area contributed by atoms with Gasteiger partial charge in [0, 0.05) is 26.1 Å². The molecule has 0 spiro atoms. The van der Waals surface area contributed by atoms with Crippen LogP contribution in [0.15, 0.2) is 35.9 Å². The van der Waals surface area contributed by atoms with Crippen molar-refractivity contribution < 1.29 is 9.18 Å². The van der Waals surface area contributed by atoms with Crippen LogP contribution in [0, 0.1) is 5.82 Å². The van der Waals surface area contributed by atoms with Gasteiger partial charge >= 0.3 is 0 Å². The van der Waals surface area contributed by atoms with Gasteiger partial charge in [-0.2, -0.15) is 0 Å². The highest BCUT2D eigenvalue weighted by Crippen LogP contribution is 2.19. The molecule has 0 aromatic heterocycles. The zero-order chi connectivity index (χ0) is 15.6. The van der Waals surface area contributed by atoms with E-state index in [9.17, 15) is 9.18 Å². The van der Waals surface area contributed by atoms with Crippen LogP contribution < -0.4 is 10.6 Å². The largest absolute Gasteiger partial charge is 0.356 e. The number of rotatable bonds is 8. The molecule has 120 valence electrons. The van der Waals surface area contributed by atoms with Gasteiger partial charge in [0.2, 0.25) is 5.91 Å². The number of benzene rings is 1. The average Bonchev–Trinajstić information content (AvgIpc) is 2.54. The van der Waals surface area contributed by atoms with E-state index in [0.717, 1.165) is 18.5 Å². The van der Waals surface area contributed by atoms with Gasteiger partial charge in [-0.3, -0.25) is 4.79 Å². The zero-order valence-electron chi connectivity index (χ0n) is 13.0. The quantitative estimate of drug-likeness (QED) is 0.571. The topological polar surface area (TPSA) is 41.1 Å². The molecule has 3 nitrogen and oxygen atoms in total. The fraction of sp³-hybridized carbons (Fsp3) is 0.500. The SMILES string of the molecule is O=C(CCNCc1ccc(F)cc1)NCCC1=CCCCC1.